The molecule has 0 bridgehead atoms. The number of nitrogens with zero attached hydrogens (tertiary/aromatic N) is 4. The van der Waals surface area contributed by atoms with Gasteiger partial charge in [0.1, 0.15) is 5.60 Å². The molecule has 1 rings (SSSR count). The van der Waals surface area contributed by atoms with Gasteiger partial charge in [0.25, 0.3) is 0 Å². The van der Waals surface area contributed by atoms with Gasteiger partial charge in [0.15, 0.2) is 5.15 Å². The topological polar surface area (TPSA) is 133 Å². The molecule has 0 saturated carbocycles. The SMILES string of the molecule is CC(C)(C)OC(=O)N(c1nc(Cl)nc(Cl)c1F)N(C(=O)O)C(=O)O. The maximum Gasteiger partial charge on any atom is 0.437 e. The second kappa shape index (κ2) is 7.01. The molecule has 0 aliphatic rings. The average molecular weight is 385 g/mol. The van der Waals surface area contributed by atoms with Crippen LogP contribution in [0.2, 0.25) is 10.4 Å². The van der Waals surface area contributed by atoms with E-state index >= 15 is 0 Å². The summed E-state index contributed by atoms with van der Waals surface area (Å²) in [6, 6.07) is 0. The van der Waals surface area contributed by atoms with Gasteiger partial charge in [-0.1, -0.05) is 11.6 Å². The predicted octanol–water partition coefficient (Wildman–Crippen LogP) is 3.24. The van der Waals surface area contributed by atoms with Crippen LogP contribution in [-0.4, -0.2) is 49.1 Å². The fourth-order valence-electron chi connectivity index (χ4n) is 1.35. The highest BCUT2D eigenvalue weighted by atomic mass is 35.5. The first-order valence-electron chi connectivity index (χ1n) is 6.02. The normalized spacial score (nSPS) is 10.9. The Morgan fingerprint density at radius 2 is 1.62 bits per heavy atom. The van der Waals surface area contributed by atoms with Gasteiger partial charge in [-0.05, 0) is 32.4 Å². The monoisotopic (exact) mass is 384 g/mol. The molecule has 1 aromatic heterocycles. The zero-order valence-electron chi connectivity index (χ0n) is 12.5. The molecule has 0 aliphatic carbocycles. The molecule has 3 amide bonds. The number of hydrazine groups is 1. The van der Waals surface area contributed by atoms with Crippen molar-refractivity contribution in [2.24, 2.45) is 0 Å². The summed E-state index contributed by atoms with van der Waals surface area (Å²) in [5.74, 6) is -2.58. The van der Waals surface area contributed by atoms with Crippen molar-refractivity contribution in [2.45, 2.75) is 26.4 Å². The van der Waals surface area contributed by atoms with Crippen LogP contribution in [0.1, 0.15) is 20.8 Å². The fourth-order valence-corrected chi connectivity index (χ4v) is 1.72. The summed E-state index contributed by atoms with van der Waals surface area (Å²) in [5.41, 5.74) is -1.16. The van der Waals surface area contributed by atoms with E-state index in [0.717, 1.165) is 0 Å². The highest BCUT2D eigenvalue weighted by Crippen LogP contribution is 2.27. The third-order valence-corrected chi connectivity index (χ3v) is 2.51. The predicted molar refractivity (Wildman–Crippen MR) is 78.6 cm³/mol. The second-order valence-electron chi connectivity index (χ2n) is 5.09. The third-order valence-electron chi connectivity index (χ3n) is 2.10. The van der Waals surface area contributed by atoms with Crippen molar-refractivity contribution in [3.05, 3.63) is 16.3 Å². The first kappa shape index (κ1) is 19.6. The third kappa shape index (κ3) is 4.55. The summed E-state index contributed by atoms with van der Waals surface area (Å²) >= 11 is 11.0. The van der Waals surface area contributed by atoms with Crippen LogP contribution in [0.15, 0.2) is 0 Å². The molecule has 0 fully saturated rings. The number of rotatable bonds is 1. The number of imide groups is 1. The number of carbonyl (C=O) groups is 3. The van der Waals surface area contributed by atoms with Crippen molar-refractivity contribution in [1.82, 2.24) is 15.0 Å². The Bertz CT molecular complexity index is 682. The molecule has 0 radical (unpaired) electrons. The molecule has 132 valence electrons. The van der Waals surface area contributed by atoms with E-state index in [1.165, 1.54) is 20.8 Å². The average Bonchev–Trinajstić information content (AvgIpc) is 2.37. The molecule has 24 heavy (non-hydrogen) atoms. The minimum Gasteiger partial charge on any atom is -0.463 e. The minimum absolute atomic E-state index is 0.176. The van der Waals surface area contributed by atoms with E-state index in [0.29, 0.717) is 0 Å². The van der Waals surface area contributed by atoms with E-state index in [4.69, 9.17) is 38.2 Å². The summed E-state index contributed by atoms with van der Waals surface area (Å²) in [6.45, 7) is 4.27. The zero-order valence-corrected chi connectivity index (χ0v) is 14.0. The number of carbonyl (C=O) groups excluding carboxylic acids is 1. The summed E-state index contributed by atoms with van der Waals surface area (Å²) in [4.78, 5) is 41.1. The highest BCUT2D eigenvalue weighted by Gasteiger charge is 2.39. The number of ether oxygens (including phenoxy) is 1. The standard InChI is InChI=1S/C11H11Cl2FN4O6/c1-11(2,3)24-10(23)17(18(8(19)20)9(21)22)6-4(14)5(12)15-7(13)16-6/h1-3H3,(H,19,20)(H,21,22). The Morgan fingerprint density at radius 1 is 1.12 bits per heavy atom. The van der Waals surface area contributed by atoms with Crippen molar-refractivity contribution >= 4 is 47.3 Å². The Morgan fingerprint density at radius 3 is 2.04 bits per heavy atom. The van der Waals surface area contributed by atoms with Crippen LogP contribution >= 0.6 is 23.2 Å². The van der Waals surface area contributed by atoms with Crippen LogP contribution in [0, 0.1) is 5.82 Å². The van der Waals surface area contributed by atoms with Crippen molar-refractivity contribution < 1.29 is 33.7 Å². The number of hydrogen-bond donors (Lipinski definition) is 2. The van der Waals surface area contributed by atoms with Crippen LogP contribution in [-0.2, 0) is 4.74 Å². The molecule has 0 aliphatic heterocycles. The van der Waals surface area contributed by atoms with E-state index in [9.17, 15) is 18.8 Å². The van der Waals surface area contributed by atoms with Gasteiger partial charge >= 0.3 is 18.3 Å². The number of halogens is 3. The van der Waals surface area contributed by atoms with Gasteiger partial charge in [0, 0.05) is 0 Å². The molecule has 1 aromatic rings. The maximum absolute atomic E-state index is 14.1. The van der Waals surface area contributed by atoms with E-state index in [-0.39, 0.29) is 5.01 Å². The van der Waals surface area contributed by atoms with Crippen molar-refractivity contribution in [1.29, 1.82) is 0 Å². The van der Waals surface area contributed by atoms with Crippen LogP contribution in [0.3, 0.4) is 0 Å². The number of anilines is 1. The van der Waals surface area contributed by atoms with Gasteiger partial charge in [-0.3, -0.25) is 0 Å². The molecule has 13 heteroatoms. The van der Waals surface area contributed by atoms with E-state index < -0.39 is 51.0 Å². The molecule has 2 N–H and O–H groups in total. The van der Waals surface area contributed by atoms with Crippen molar-refractivity contribution in [3.8, 4) is 0 Å². The number of hydrogen-bond acceptors (Lipinski definition) is 6. The first-order chi connectivity index (χ1) is 10.8. The molecule has 0 atom stereocenters. The molecule has 1 heterocycles. The molecule has 0 spiro atoms. The van der Waals surface area contributed by atoms with Crippen LogP contribution < -0.4 is 5.01 Å². The molecular formula is C11H11Cl2FN4O6. The maximum atomic E-state index is 14.1. The van der Waals surface area contributed by atoms with E-state index in [1.807, 2.05) is 0 Å². The van der Waals surface area contributed by atoms with Crippen LogP contribution in [0.4, 0.5) is 24.6 Å². The quantitative estimate of drug-likeness (QED) is 0.428. The van der Waals surface area contributed by atoms with Crippen LogP contribution in [0.25, 0.3) is 0 Å². The largest absolute Gasteiger partial charge is 0.463 e. The lowest BCUT2D eigenvalue weighted by Gasteiger charge is -2.30. The van der Waals surface area contributed by atoms with Crippen molar-refractivity contribution in [2.75, 3.05) is 5.01 Å². The molecule has 0 aromatic carbocycles. The molecule has 0 unspecified atom stereocenters. The number of aromatic nitrogens is 2. The van der Waals surface area contributed by atoms with Gasteiger partial charge in [-0.25, -0.2) is 19.4 Å². The smallest absolute Gasteiger partial charge is 0.437 e. The Hall–Kier alpha value is -2.40. The lowest BCUT2D eigenvalue weighted by molar-refractivity contribution is 0.0447. The summed E-state index contributed by atoms with van der Waals surface area (Å²) < 4.78 is 19.0. The molecule has 10 nitrogen and oxygen atoms in total. The Balaban J connectivity index is 3.57. The molecular weight excluding hydrogens is 374 g/mol. The second-order valence-corrected chi connectivity index (χ2v) is 5.79. The van der Waals surface area contributed by atoms with Crippen LogP contribution in [0.5, 0.6) is 0 Å². The van der Waals surface area contributed by atoms with Gasteiger partial charge in [-0.2, -0.15) is 9.37 Å². The lowest BCUT2D eigenvalue weighted by atomic mass is 10.2. The summed E-state index contributed by atoms with van der Waals surface area (Å²) in [7, 11) is 0. The first-order valence-corrected chi connectivity index (χ1v) is 6.78. The Kier molecular flexibility index (Phi) is 5.74. The van der Waals surface area contributed by atoms with Gasteiger partial charge in [0.05, 0.1) is 0 Å². The highest BCUT2D eigenvalue weighted by molar-refractivity contribution is 6.32. The summed E-state index contributed by atoms with van der Waals surface area (Å²) in [6.07, 6.45) is -5.80. The molecule has 0 saturated heterocycles. The van der Waals surface area contributed by atoms with Gasteiger partial charge in [-0.15, -0.1) is 10.0 Å². The summed E-state index contributed by atoms with van der Waals surface area (Å²) in [5, 5.41) is 15.8. The number of amides is 3. The minimum atomic E-state index is -2.13. The van der Waals surface area contributed by atoms with Crippen molar-refractivity contribution in [3.63, 3.8) is 0 Å². The zero-order chi connectivity index (χ0) is 18.8. The fraction of sp³-hybridized carbons (Fsp3) is 0.364. The van der Waals surface area contributed by atoms with Gasteiger partial charge < -0.3 is 14.9 Å². The Labute approximate surface area is 144 Å². The lowest BCUT2D eigenvalue weighted by Crippen LogP contribution is -2.54. The number of carboxylic acid groups (broad SMARTS) is 2. The van der Waals surface area contributed by atoms with Gasteiger partial charge in [0.2, 0.25) is 16.9 Å². The van der Waals surface area contributed by atoms with E-state index in [2.05, 4.69) is 9.97 Å². The van der Waals surface area contributed by atoms with E-state index in [1.54, 1.807) is 0 Å².